The number of unbranched alkanes of at least 4 members (excludes halogenated alkanes) is 31. The summed E-state index contributed by atoms with van der Waals surface area (Å²) in [7, 11) is 0. The molecule has 596 valence electrons. The number of aryl methyl sites for hydroxylation is 2. The van der Waals surface area contributed by atoms with Crippen molar-refractivity contribution in [1.29, 1.82) is 0 Å². The van der Waals surface area contributed by atoms with Crippen molar-refractivity contribution in [1.82, 2.24) is 4.90 Å². The van der Waals surface area contributed by atoms with Crippen LogP contribution in [0, 0.1) is 5.92 Å². The van der Waals surface area contributed by atoms with Gasteiger partial charge >= 0.3 is 0 Å². The van der Waals surface area contributed by atoms with Crippen LogP contribution in [0.1, 0.15) is 382 Å². The Bertz CT molecular complexity index is 3900. The monoisotopic (exact) mass is 1530 g/mol. The molecule has 6 aromatic carbocycles. The van der Waals surface area contributed by atoms with Crippen molar-refractivity contribution in [3.8, 4) is 64.0 Å². The van der Waals surface area contributed by atoms with Gasteiger partial charge in [-0.15, -0.1) is 22.7 Å². The van der Waals surface area contributed by atoms with E-state index in [2.05, 4.69) is 201 Å². The zero-order chi connectivity index (χ0) is 77.6. The second kappa shape index (κ2) is 44.5. The first-order chi connectivity index (χ1) is 54.6. The van der Waals surface area contributed by atoms with E-state index in [1.54, 1.807) is 27.2 Å². The number of carbonyl (C=O) groups is 2. The zero-order valence-corrected chi connectivity index (χ0v) is 72.4. The standard InChI is InChI=1S/C106H143NO2S2/c1-9-17-24-30-36-42-53-87-77-97(85-67-69-91-89-55-44-46-57-93(89)105(95(91)75-85,71-48-38-32-26-19-11-3)72-49-39-33-27-20-12-4)110-101(87)83-63-59-81(60-64-83)99-100(104(109)107(103(99)108)79-80(16-8)52-23-15-7)82-61-65-84(66-62-82)102-88(54-43-37-31-25-18-10-2)78-98(111-102)86-68-70-92-90-56-45-47-58-94(90)106(96(92)76-86,73-50-40-34-28-21-13-5)74-51-41-35-29-22-14-6/h44-47,55-70,75-78,80H,9-43,48-54,71-74,79H2,1-8H3. The van der Waals surface area contributed by atoms with Crippen molar-refractivity contribution in [3.05, 3.63) is 190 Å². The Kier molecular flexibility index (Phi) is 34.2. The molecule has 0 spiro atoms. The van der Waals surface area contributed by atoms with E-state index < -0.39 is 0 Å². The van der Waals surface area contributed by atoms with Crippen LogP contribution < -0.4 is 0 Å². The SMILES string of the molecule is CCCCCCCCc1cc(-c2ccc3c(c2)C(CCCCCCCC)(CCCCCCCC)c2ccccc2-3)sc1-c1ccc(C2=C(c3ccc(-c4sc(-c5ccc6c(c5)C(CCCCCCCC)(CCCCCCCC)c5ccccc5-6)cc4CCCCCCCC)cc3)C(=O)N(CC(CC)CCCC)C2=O)cc1. The summed E-state index contributed by atoms with van der Waals surface area (Å²) in [6, 6.07) is 57.0. The highest BCUT2D eigenvalue weighted by Crippen LogP contribution is 2.58. The summed E-state index contributed by atoms with van der Waals surface area (Å²) in [5.74, 6) is -0.0666. The van der Waals surface area contributed by atoms with Gasteiger partial charge < -0.3 is 0 Å². The number of nitrogens with zero attached hydrogens (tertiary/aromatic N) is 1. The van der Waals surface area contributed by atoms with Gasteiger partial charge in [-0.3, -0.25) is 14.5 Å². The van der Waals surface area contributed by atoms with Crippen LogP contribution in [0.2, 0.25) is 0 Å². The fraction of sp³-hybridized carbons (Fsp3) is 0.547. The molecule has 3 aliphatic rings. The molecule has 0 fully saturated rings. The number of hydrogen-bond donors (Lipinski definition) is 0. The number of fused-ring (bicyclic) bond motifs is 6. The van der Waals surface area contributed by atoms with Crippen LogP contribution in [0.3, 0.4) is 0 Å². The third-order valence-corrected chi connectivity index (χ3v) is 28.7. The second-order valence-corrected chi connectivity index (χ2v) is 36.5. The predicted molar refractivity (Wildman–Crippen MR) is 486 cm³/mol. The van der Waals surface area contributed by atoms with Gasteiger partial charge in [0.1, 0.15) is 0 Å². The quantitative estimate of drug-likeness (QED) is 0.0281. The van der Waals surface area contributed by atoms with E-state index in [-0.39, 0.29) is 28.6 Å². The van der Waals surface area contributed by atoms with Gasteiger partial charge in [0.2, 0.25) is 0 Å². The predicted octanol–water partition coefficient (Wildman–Crippen LogP) is 33.3. The lowest BCUT2D eigenvalue weighted by atomic mass is 9.70. The molecule has 2 aromatic heterocycles. The van der Waals surface area contributed by atoms with Crippen LogP contribution in [0.15, 0.2) is 146 Å². The van der Waals surface area contributed by atoms with Crippen molar-refractivity contribution >= 4 is 45.6 Å². The molecule has 8 aromatic rings. The molecule has 2 amide bonds. The summed E-state index contributed by atoms with van der Waals surface area (Å²) in [5, 5.41) is 0. The summed E-state index contributed by atoms with van der Waals surface area (Å²) in [6.07, 6.45) is 57.6. The molecule has 0 saturated heterocycles. The first kappa shape index (κ1) is 85.5. The fourth-order valence-corrected chi connectivity index (χ4v) is 22.0. The van der Waals surface area contributed by atoms with Gasteiger partial charge in [-0.25, -0.2) is 0 Å². The van der Waals surface area contributed by atoms with E-state index in [9.17, 15) is 0 Å². The smallest absolute Gasteiger partial charge is 0.262 e. The Balaban J connectivity index is 0.944. The normalized spacial score (nSPS) is 14.3. The minimum atomic E-state index is -0.156. The fourth-order valence-electron chi connectivity index (χ4n) is 19.6. The maximum Gasteiger partial charge on any atom is 0.262 e. The average Bonchev–Trinajstić information content (AvgIpc) is 1.57. The van der Waals surface area contributed by atoms with Crippen molar-refractivity contribution in [2.75, 3.05) is 6.54 Å². The summed E-state index contributed by atoms with van der Waals surface area (Å²) < 4.78 is 0. The highest BCUT2D eigenvalue weighted by molar-refractivity contribution is 7.19. The number of rotatable bonds is 54. The number of benzene rings is 6. The molecule has 111 heavy (non-hydrogen) atoms. The van der Waals surface area contributed by atoms with Gasteiger partial charge in [0.15, 0.2) is 0 Å². The lowest BCUT2D eigenvalue weighted by Crippen LogP contribution is -2.36. The molecule has 2 aliphatic carbocycles. The van der Waals surface area contributed by atoms with Crippen molar-refractivity contribution in [3.63, 3.8) is 0 Å². The maximum atomic E-state index is 15.5. The third kappa shape index (κ3) is 21.4. The lowest BCUT2D eigenvalue weighted by molar-refractivity contribution is -0.136. The van der Waals surface area contributed by atoms with E-state index >= 15 is 9.59 Å². The van der Waals surface area contributed by atoms with Crippen LogP contribution in [0.4, 0.5) is 0 Å². The van der Waals surface area contributed by atoms with Gasteiger partial charge in [0, 0.05) is 36.9 Å². The topological polar surface area (TPSA) is 37.4 Å². The molecule has 0 saturated carbocycles. The van der Waals surface area contributed by atoms with Gasteiger partial charge in [0.25, 0.3) is 11.8 Å². The second-order valence-electron chi connectivity index (χ2n) is 34.4. The molecular formula is C106H143NO2S2. The van der Waals surface area contributed by atoms with Crippen molar-refractivity contribution in [2.24, 2.45) is 5.92 Å². The van der Waals surface area contributed by atoms with Gasteiger partial charge in [-0.1, -0.05) is 414 Å². The third-order valence-electron chi connectivity index (χ3n) is 26.2. The first-order valence-corrected chi connectivity index (χ1v) is 47.8. The van der Waals surface area contributed by atoms with Crippen molar-refractivity contribution in [2.45, 2.75) is 362 Å². The zero-order valence-electron chi connectivity index (χ0n) is 70.7. The Hall–Kier alpha value is -6.40. The van der Waals surface area contributed by atoms with E-state index in [0.29, 0.717) is 17.7 Å². The van der Waals surface area contributed by atoms with Crippen LogP contribution in [-0.4, -0.2) is 23.3 Å². The van der Waals surface area contributed by atoms with Crippen LogP contribution in [0.5, 0.6) is 0 Å². The summed E-state index contributed by atoms with van der Waals surface area (Å²) in [5.41, 5.74) is 22.7. The summed E-state index contributed by atoms with van der Waals surface area (Å²) >= 11 is 3.91. The van der Waals surface area contributed by atoms with Gasteiger partial charge in [-0.2, -0.15) is 0 Å². The number of amides is 2. The summed E-state index contributed by atoms with van der Waals surface area (Å²) in [6.45, 7) is 18.9. The van der Waals surface area contributed by atoms with E-state index in [1.165, 1.54) is 332 Å². The molecule has 1 unspecified atom stereocenters. The molecule has 1 atom stereocenters. The molecule has 1 aliphatic heterocycles. The minimum absolute atomic E-state index is 0.0164. The van der Waals surface area contributed by atoms with E-state index in [1.807, 2.05) is 22.7 Å². The Morgan fingerprint density at radius 2 is 0.595 bits per heavy atom. The van der Waals surface area contributed by atoms with Gasteiger partial charge in [-0.05, 0) is 177 Å². The van der Waals surface area contributed by atoms with Crippen molar-refractivity contribution < 1.29 is 9.59 Å². The average molecular weight is 1530 g/mol. The molecular weight excluding hydrogens is 1380 g/mol. The highest BCUT2D eigenvalue weighted by Gasteiger charge is 2.45. The molecule has 3 nitrogen and oxygen atoms in total. The molecule has 5 heteroatoms. The molecule has 11 rings (SSSR count). The van der Waals surface area contributed by atoms with E-state index in [0.717, 1.165) is 49.7 Å². The maximum absolute atomic E-state index is 15.5. The highest BCUT2D eigenvalue weighted by atomic mass is 32.1. The Labute approximate surface area is 683 Å². The van der Waals surface area contributed by atoms with Crippen LogP contribution >= 0.6 is 22.7 Å². The molecule has 0 radical (unpaired) electrons. The number of imide groups is 1. The molecule has 3 heterocycles. The summed E-state index contributed by atoms with van der Waals surface area (Å²) in [4.78, 5) is 38.0. The van der Waals surface area contributed by atoms with Gasteiger partial charge in [0.05, 0.1) is 11.1 Å². The van der Waals surface area contributed by atoms with Crippen LogP contribution in [0.25, 0.3) is 75.2 Å². The molecule has 0 bridgehead atoms. The number of hydrogen-bond acceptors (Lipinski definition) is 4. The lowest BCUT2D eigenvalue weighted by Gasteiger charge is -2.33. The number of thiophene rings is 2. The Morgan fingerprint density at radius 1 is 0.297 bits per heavy atom. The van der Waals surface area contributed by atoms with Crippen LogP contribution in [-0.2, 0) is 33.3 Å². The Morgan fingerprint density at radius 3 is 0.937 bits per heavy atom. The van der Waals surface area contributed by atoms with E-state index in [4.69, 9.17) is 0 Å². The number of carbonyl (C=O) groups excluding carboxylic acids is 2. The minimum Gasteiger partial charge on any atom is -0.274 e. The molecule has 0 N–H and O–H groups in total. The first-order valence-electron chi connectivity index (χ1n) is 46.2. The largest absolute Gasteiger partial charge is 0.274 e.